The van der Waals surface area contributed by atoms with Gasteiger partial charge in [-0.25, -0.2) is 4.79 Å². The number of carboxylic acids is 1. The highest BCUT2D eigenvalue weighted by Crippen LogP contribution is 2.34. The van der Waals surface area contributed by atoms with Gasteiger partial charge < -0.3 is 24.8 Å². The number of benzene rings is 1. The Balaban J connectivity index is 2.00. The summed E-state index contributed by atoms with van der Waals surface area (Å²) in [7, 11) is 2.83. The van der Waals surface area contributed by atoms with Gasteiger partial charge in [0, 0.05) is 25.2 Å². The average Bonchev–Trinajstić information content (AvgIpc) is 2.67. The van der Waals surface area contributed by atoms with E-state index in [1.54, 1.807) is 0 Å². The Morgan fingerprint density at radius 1 is 1.33 bits per heavy atom. The van der Waals surface area contributed by atoms with Gasteiger partial charge in [-0.2, -0.15) is 0 Å². The molecule has 0 aliphatic carbocycles. The van der Waals surface area contributed by atoms with E-state index in [2.05, 4.69) is 5.32 Å². The second-order valence-corrected chi connectivity index (χ2v) is 6.20. The quantitative estimate of drug-likeness (QED) is 0.542. The Hall–Kier alpha value is -3.04. The summed E-state index contributed by atoms with van der Waals surface area (Å²) in [4.78, 5) is 35.6. The predicted molar refractivity (Wildman–Crippen MR) is 95.2 cm³/mol. The van der Waals surface area contributed by atoms with Gasteiger partial charge >= 0.3 is 12.0 Å². The van der Waals surface area contributed by atoms with Crippen LogP contribution >= 0.6 is 0 Å². The number of hydrogen-bond acceptors (Lipinski definition) is 6. The van der Waals surface area contributed by atoms with E-state index in [9.17, 15) is 19.7 Å². The smallest absolute Gasteiger partial charge is 0.317 e. The molecule has 1 unspecified atom stereocenters. The first-order valence-electron chi connectivity index (χ1n) is 8.52. The summed E-state index contributed by atoms with van der Waals surface area (Å²) < 4.78 is 10.2. The zero-order valence-electron chi connectivity index (χ0n) is 15.3. The van der Waals surface area contributed by atoms with Crippen molar-refractivity contribution in [2.45, 2.75) is 19.3 Å². The van der Waals surface area contributed by atoms with E-state index in [1.807, 2.05) is 0 Å². The number of nitrogens with zero attached hydrogens (tertiary/aromatic N) is 2. The minimum atomic E-state index is -0.909. The van der Waals surface area contributed by atoms with Crippen molar-refractivity contribution in [2.24, 2.45) is 5.92 Å². The first-order chi connectivity index (χ1) is 12.9. The number of nitro benzene ring substituents is 1. The summed E-state index contributed by atoms with van der Waals surface area (Å²) in [5, 5.41) is 23.1. The molecule has 1 saturated heterocycles. The number of carbonyl (C=O) groups excluding carboxylic acids is 1. The van der Waals surface area contributed by atoms with Gasteiger partial charge in [-0.05, 0) is 25.3 Å². The van der Waals surface area contributed by atoms with E-state index >= 15 is 0 Å². The number of urea groups is 1. The van der Waals surface area contributed by atoms with Crippen molar-refractivity contribution in [3.63, 3.8) is 0 Å². The standard InChI is InChI=1S/C17H23N3O7/c1-26-14-8-11(13(20(24)25)9-15(14)27-2)5-6-18-17(23)19-7-3-4-12(10-19)16(21)22/h8-9,12H,3-7,10H2,1-2H3,(H,18,23)(H,21,22). The molecule has 10 heteroatoms. The van der Waals surface area contributed by atoms with Crippen molar-refractivity contribution < 1.29 is 29.1 Å². The monoisotopic (exact) mass is 381 g/mol. The number of piperidine rings is 1. The van der Waals surface area contributed by atoms with E-state index in [0.29, 0.717) is 30.7 Å². The van der Waals surface area contributed by atoms with Crippen molar-refractivity contribution in [2.75, 3.05) is 33.9 Å². The van der Waals surface area contributed by atoms with Crippen LogP contribution in [0.15, 0.2) is 12.1 Å². The normalized spacial score (nSPS) is 16.5. The van der Waals surface area contributed by atoms with Crippen molar-refractivity contribution in [3.05, 3.63) is 27.8 Å². The lowest BCUT2D eigenvalue weighted by molar-refractivity contribution is -0.385. The van der Waals surface area contributed by atoms with Crippen LogP contribution in [0.1, 0.15) is 18.4 Å². The number of carbonyl (C=O) groups is 2. The number of amides is 2. The highest BCUT2D eigenvalue weighted by atomic mass is 16.6. The fourth-order valence-corrected chi connectivity index (χ4v) is 3.06. The maximum atomic E-state index is 12.2. The van der Waals surface area contributed by atoms with Gasteiger partial charge in [0.05, 0.1) is 31.1 Å². The van der Waals surface area contributed by atoms with E-state index in [0.717, 1.165) is 0 Å². The van der Waals surface area contributed by atoms with Crippen LogP contribution in [0, 0.1) is 16.0 Å². The van der Waals surface area contributed by atoms with Crippen LogP contribution in [0.2, 0.25) is 0 Å². The van der Waals surface area contributed by atoms with Gasteiger partial charge in [0.1, 0.15) is 0 Å². The van der Waals surface area contributed by atoms with E-state index in [1.165, 1.54) is 31.3 Å². The van der Waals surface area contributed by atoms with Crippen molar-refractivity contribution >= 4 is 17.7 Å². The average molecular weight is 381 g/mol. The van der Waals surface area contributed by atoms with Crippen LogP contribution in [0.3, 0.4) is 0 Å². The molecule has 1 atom stereocenters. The molecule has 1 aromatic carbocycles. The molecule has 1 aliphatic heterocycles. The third kappa shape index (κ3) is 4.99. The molecule has 27 heavy (non-hydrogen) atoms. The zero-order chi connectivity index (χ0) is 20.0. The molecule has 0 bridgehead atoms. The van der Waals surface area contributed by atoms with Gasteiger partial charge in [-0.3, -0.25) is 14.9 Å². The van der Waals surface area contributed by atoms with Crippen molar-refractivity contribution in [3.8, 4) is 11.5 Å². The fourth-order valence-electron chi connectivity index (χ4n) is 3.06. The summed E-state index contributed by atoms with van der Waals surface area (Å²) in [5.74, 6) is -0.848. The van der Waals surface area contributed by atoms with Gasteiger partial charge in [0.25, 0.3) is 5.69 Å². The molecule has 1 aliphatic rings. The molecular weight excluding hydrogens is 358 g/mol. The molecule has 10 nitrogen and oxygen atoms in total. The largest absolute Gasteiger partial charge is 0.493 e. The number of ether oxygens (including phenoxy) is 2. The second-order valence-electron chi connectivity index (χ2n) is 6.20. The molecule has 0 saturated carbocycles. The van der Waals surface area contributed by atoms with E-state index in [-0.39, 0.29) is 37.0 Å². The fraction of sp³-hybridized carbons (Fsp3) is 0.529. The Morgan fingerprint density at radius 2 is 2.00 bits per heavy atom. The van der Waals surface area contributed by atoms with Gasteiger partial charge in [-0.1, -0.05) is 0 Å². The molecule has 2 rings (SSSR count). The summed E-state index contributed by atoms with van der Waals surface area (Å²) in [6, 6.07) is 2.44. The number of nitrogens with one attached hydrogen (secondary N) is 1. The molecule has 0 spiro atoms. The molecule has 1 fully saturated rings. The second kappa shape index (κ2) is 9.06. The van der Waals surface area contributed by atoms with Crippen LogP contribution in [0.4, 0.5) is 10.5 Å². The Morgan fingerprint density at radius 3 is 2.59 bits per heavy atom. The minimum absolute atomic E-state index is 0.120. The molecule has 2 N–H and O–H groups in total. The molecule has 1 heterocycles. The Bertz CT molecular complexity index is 723. The number of aliphatic carboxylic acids is 1. The molecule has 148 valence electrons. The summed E-state index contributed by atoms with van der Waals surface area (Å²) in [5.41, 5.74) is 0.283. The first-order valence-corrected chi connectivity index (χ1v) is 8.52. The number of likely N-dealkylation sites (tertiary alicyclic amines) is 1. The lowest BCUT2D eigenvalue weighted by Crippen LogP contribution is -2.47. The highest BCUT2D eigenvalue weighted by Gasteiger charge is 2.28. The van der Waals surface area contributed by atoms with Crippen LogP contribution < -0.4 is 14.8 Å². The maximum Gasteiger partial charge on any atom is 0.317 e. The third-order valence-electron chi connectivity index (χ3n) is 4.51. The summed E-state index contributed by atoms with van der Waals surface area (Å²) in [6.07, 6.45) is 1.40. The van der Waals surface area contributed by atoms with Crippen molar-refractivity contribution in [1.29, 1.82) is 0 Å². The first kappa shape index (κ1) is 20.3. The van der Waals surface area contributed by atoms with Gasteiger partial charge in [-0.15, -0.1) is 0 Å². The summed E-state index contributed by atoms with van der Waals surface area (Å²) in [6.45, 7) is 0.827. The molecule has 2 amide bonds. The summed E-state index contributed by atoms with van der Waals surface area (Å²) >= 11 is 0. The molecule has 1 aromatic rings. The van der Waals surface area contributed by atoms with Crippen LogP contribution in [-0.2, 0) is 11.2 Å². The van der Waals surface area contributed by atoms with Gasteiger partial charge in [0.2, 0.25) is 0 Å². The topological polar surface area (TPSA) is 131 Å². The van der Waals surface area contributed by atoms with Crippen LogP contribution in [0.25, 0.3) is 0 Å². The molecule has 0 radical (unpaired) electrons. The third-order valence-corrected chi connectivity index (χ3v) is 4.51. The predicted octanol–water partition coefficient (Wildman–Crippen LogP) is 1.66. The van der Waals surface area contributed by atoms with Crippen LogP contribution in [0.5, 0.6) is 11.5 Å². The number of carboxylic acid groups (broad SMARTS) is 1. The van der Waals surface area contributed by atoms with Crippen LogP contribution in [-0.4, -0.2) is 60.8 Å². The SMILES string of the molecule is COc1cc(CCNC(=O)N2CCCC(C(=O)O)C2)c([N+](=O)[O-])cc1OC. The number of hydrogen-bond donors (Lipinski definition) is 2. The Kier molecular flexibility index (Phi) is 6.80. The lowest BCUT2D eigenvalue weighted by Gasteiger charge is -2.30. The van der Waals surface area contributed by atoms with Crippen molar-refractivity contribution in [1.82, 2.24) is 10.2 Å². The number of nitro groups is 1. The van der Waals surface area contributed by atoms with Gasteiger partial charge in [0.15, 0.2) is 11.5 Å². The molecule has 0 aromatic heterocycles. The van der Waals surface area contributed by atoms with E-state index in [4.69, 9.17) is 14.6 Å². The highest BCUT2D eigenvalue weighted by molar-refractivity contribution is 5.76. The minimum Gasteiger partial charge on any atom is -0.493 e. The Labute approximate surface area is 156 Å². The number of rotatable bonds is 7. The number of methoxy groups -OCH3 is 2. The maximum absolute atomic E-state index is 12.2. The molecular formula is C17H23N3O7. The zero-order valence-corrected chi connectivity index (χ0v) is 15.3. The van der Waals surface area contributed by atoms with E-state index < -0.39 is 16.8 Å². The lowest BCUT2D eigenvalue weighted by atomic mass is 9.99.